The number of carbonyl (C=O) groups excluding carboxylic acids is 2. The van der Waals surface area contributed by atoms with Crippen molar-refractivity contribution >= 4 is 35.0 Å². The normalized spacial score (nSPS) is 11.3. The molecule has 0 aliphatic rings. The summed E-state index contributed by atoms with van der Waals surface area (Å²) in [6.45, 7) is 4.38. The van der Waals surface area contributed by atoms with Crippen LogP contribution in [0, 0.1) is 0 Å². The summed E-state index contributed by atoms with van der Waals surface area (Å²) in [5.41, 5.74) is 1.91. The number of benzene rings is 3. The second kappa shape index (κ2) is 11.2. The molecule has 0 bridgehead atoms. The van der Waals surface area contributed by atoms with Crippen molar-refractivity contribution in [3.63, 3.8) is 0 Å². The number of hydrogen-bond donors (Lipinski definition) is 2. The van der Waals surface area contributed by atoms with Gasteiger partial charge < -0.3 is 20.1 Å². The molecule has 0 aliphatic carbocycles. The first kappa shape index (κ1) is 23.2. The number of thioether (sulfide) groups is 1. The molecule has 0 spiro atoms. The van der Waals surface area contributed by atoms with E-state index < -0.39 is 0 Å². The van der Waals surface area contributed by atoms with Crippen LogP contribution in [-0.2, 0) is 4.79 Å². The number of carbonyl (C=O) groups is 2. The van der Waals surface area contributed by atoms with E-state index in [9.17, 15) is 9.59 Å². The van der Waals surface area contributed by atoms with Crippen LogP contribution in [0.3, 0.4) is 0 Å². The molecule has 3 rings (SSSR count). The third kappa shape index (κ3) is 6.52. The molecule has 6 nitrogen and oxygen atoms in total. The quantitative estimate of drug-likeness (QED) is 0.423. The monoisotopic (exact) mass is 450 g/mol. The van der Waals surface area contributed by atoms with Crippen LogP contribution in [0.4, 0.5) is 11.4 Å². The van der Waals surface area contributed by atoms with Crippen LogP contribution in [0.2, 0.25) is 0 Å². The van der Waals surface area contributed by atoms with Gasteiger partial charge in [-0.15, -0.1) is 11.8 Å². The molecule has 0 aliphatic heterocycles. The van der Waals surface area contributed by atoms with E-state index in [0.29, 0.717) is 23.6 Å². The molecule has 0 aromatic heterocycles. The highest BCUT2D eigenvalue weighted by Gasteiger charge is 2.15. The SMILES string of the molecule is CCOc1ccc(NC(=O)C(C)Sc2ccc(NC(=O)c3cccc(OC)c3)cc2)cc1. The predicted octanol–water partition coefficient (Wildman–Crippen LogP) is 5.47. The second-order valence-corrected chi connectivity index (χ2v) is 8.33. The summed E-state index contributed by atoms with van der Waals surface area (Å²) in [4.78, 5) is 25.9. The Bertz CT molecular complexity index is 1050. The molecule has 3 aromatic carbocycles. The minimum absolute atomic E-state index is 0.0884. The van der Waals surface area contributed by atoms with Gasteiger partial charge in [-0.1, -0.05) is 6.07 Å². The van der Waals surface area contributed by atoms with Gasteiger partial charge in [0.15, 0.2) is 0 Å². The highest BCUT2D eigenvalue weighted by Crippen LogP contribution is 2.26. The minimum Gasteiger partial charge on any atom is -0.497 e. The largest absolute Gasteiger partial charge is 0.497 e. The van der Waals surface area contributed by atoms with E-state index in [0.717, 1.165) is 16.3 Å². The van der Waals surface area contributed by atoms with E-state index >= 15 is 0 Å². The first-order valence-electron chi connectivity index (χ1n) is 10.2. The molecule has 7 heteroatoms. The van der Waals surface area contributed by atoms with Crippen LogP contribution in [0.15, 0.2) is 77.7 Å². The van der Waals surface area contributed by atoms with E-state index in [2.05, 4.69) is 10.6 Å². The van der Waals surface area contributed by atoms with E-state index in [4.69, 9.17) is 9.47 Å². The highest BCUT2D eigenvalue weighted by molar-refractivity contribution is 8.00. The van der Waals surface area contributed by atoms with Gasteiger partial charge in [0.05, 0.1) is 19.0 Å². The first-order chi connectivity index (χ1) is 15.5. The molecular formula is C25H26N2O4S. The van der Waals surface area contributed by atoms with Gasteiger partial charge in [0, 0.05) is 21.8 Å². The van der Waals surface area contributed by atoms with Gasteiger partial charge in [0.2, 0.25) is 5.91 Å². The molecule has 1 atom stereocenters. The third-order valence-corrected chi connectivity index (χ3v) is 5.67. The smallest absolute Gasteiger partial charge is 0.255 e. The number of ether oxygens (including phenoxy) is 2. The molecule has 2 N–H and O–H groups in total. The Morgan fingerprint density at radius 1 is 0.906 bits per heavy atom. The number of amides is 2. The first-order valence-corrected chi connectivity index (χ1v) is 11.1. The molecule has 2 amide bonds. The van der Waals surface area contributed by atoms with E-state index in [1.165, 1.54) is 11.8 Å². The van der Waals surface area contributed by atoms with Gasteiger partial charge in [-0.25, -0.2) is 0 Å². The maximum absolute atomic E-state index is 12.5. The molecule has 0 heterocycles. The second-order valence-electron chi connectivity index (χ2n) is 6.92. The maximum Gasteiger partial charge on any atom is 0.255 e. The maximum atomic E-state index is 12.5. The van der Waals surface area contributed by atoms with Gasteiger partial charge >= 0.3 is 0 Å². The lowest BCUT2D eigenvalue weighted by atomic mass is 10.2. The Hall–Kier alpha value is -3.45. The standard InChI is InChI=1S/C25H26N2O4S/c1-4-31-21-12-8-19(9-13-21)26-24(28)17(2)32-23-14-10-20(11-15-23)27-25(29)18-6-5-7-22(16-18)30-3/h5-17H,4H2,1-3H3,(H,26,28)(H,27,29). The molecular weight excluding hydrogens is 424 g/mol. The van der Waals surface area contributed by atoms with Crippen LogP contribution in [0.1, 0.15) is 24.2 Å². The molecule has 0 saturated carbocycles. The van der Waals surface area contributed by atoms with Crippen LogP contribution in [-0.4, -0.2) is 30.8 Å². The molecule has 1 unspecified atom stereocenters. The fourth-order valence-corrected chi connectivity index (χ4v) is 3.75. The summed E-state index contributed by atoms with van der Waals surface area (Å²) in [6.07, 6.45) is 0. The van der Waals surface area contributed by atoms with Gasteiger partial charge in [0.1, 0.15) is 11.5 Å². The summed E-state index contributed by atoms with van der Waals surface area (Å²) in [7, 11) is 1.56. The molecule has 32 heavy (non-hydrogen) atoms. The molecule has 0 fully saturated rings. The van der Waals surface area contributed by atoms with Crippen molar-refractivity contribution in [3.05, 3.63) is 78.4 Å². The lowest BCUT2D eigenvalue weighted by molar-refractivity contribution is -0.115. The van der Waals surface area contributed by atoms with Gasteiger partial charge in [0.25, 0.3) is 5.91 Å². The number of rotatable bonds is 9. The summed E-state index contributed by atoms with van der Waals surface area (Å²) in [6, 6.07) is 21.7. The Kier molecular flexibility index (Phi) is 8.16. The van der Waals surface area contributed by atoms with E-state index in [1.54, 1.807) is 31.4 Å². The number of methoxy groups -OCH3 is 1. The number of anilines is 2. The Morgan fingerprint density at radius 3 is 2.22 bits per heavy atom. The molecule has 3 aromatic rings. The Morgan fingerprint density at radius 2 is 1.56 bits per heavy atom. The predicted molar refractivity (Wildman–Crippen MR) is 129 cm³/mol. The van der Waals surface area contributed by atoms with Crippen molar-refractivity contribution in [1.82, 2.24) is 0 Å². The topological polar surface area (TPSA) is 76.7 Å². The van der Waals surface area contributed by atoms with Crippen LogP contribution in [0.25, 0.3) is 0 Å². The zero-order valence-electron chi connectivity index (χ0n) is 18.3. The van der Waals surface area contributed by atoms with Crippen molar-refractivity contribution < 1.29 is 19.1 Å². The average molecular weight is 451 g/mol. The number of nitrogens with one attached hydrogen (secondary N) is 2. The summed E-state index contributed by atoms with van der Waals surface area (Å²) in [5, 5.41) is 5.49. The Labute approximate surface area is 192 Å². The molecule has 0 saturated heterocycles. The van der Waals surface area contributed by atoms with Crippen molar-refractivity contribution in [3.8, 4) is 11.5 Å². The van der Waals surface area contributed by atoms with E-state index in [-0.39, 0.29) is 17.1 Å². The lowest BCUT2D eigenvalue weighted by Crippen LogP contribution is -2.22. The fraction of sp³-hybridized carbons (Fsp3) is 0.200. The third-order valence-electron chi connectivity index (χ3n) is 4.56. The summed E-state index contributed by atoms with van der Waals surface area (Å²) >= 11 is 1.45. The highest BCUT2D eigenvalue weighted by atomic mass is 32.2. The van der Waals surface area contributed by atoms with E-state index in [1.807, 2.05) is 62.4 Å². The zero-order valence-corrected chi connectivity index (χ0v) is 19.1. The van der Waals surface area contributed by atoms with Crippen molar-refractivity contribution in [1.29, 1.82) is 0 Å². The Balaban J connectivity index is 1.53. The molecule has 166 valence electrons. The van der Waals surface area contributed by atoms with Crippen LogP contribution >= 0.6 is 11.8 Å². The van der Waals surface area contributed by atoms with Crippen LogP contribution in [0.5, 0.6) is 11.5 Å². The van der Waals surface area contributed by atoms with Crippen molar-refractivity contribution in [2.75, 3.05) is 24.4 Å². The van der Waals surface area contributed by atoms with Crippen molar-refractivity contribution in [2.24, 2.45) is 0 Å². The fourth-order valence-electron chi connectivity index (χ4n) is 2.89. The van der Waals surface area contributed by atoms with Gasteiger partial charge in [-0.05, 0) is 80.6 Å². The minimum atomic E-state index is -0.293. The molecule has 0 radical (unpaired) electrons. The summed E-state index contributed by atoms with van der Waals surface area (Å²) < 4.78 is 10.6. The van der Waals surface area contributed by atoms with Crippen LogP contribution < -0.4 is 20.1 Å². The summed E-state index contributed by atoms with van der Waals surface area (Å²) in [5.74, 6) is 1.09. The lowest BCUT2D eigenvalue weighted by Gasteiger charge is -2.13. The van der Waals surface area contributed by atoms with Crippen molar-refractivity contribution in [2.45, 2.75) is 24.0 Å². The van der Waals surface area contributed by atoms with Gasteiger partial charge in [-0.2, -0.15) is 0 Å². The zero-order chi connectivity index (χ0) is 22.9. The number of hydrogen-bond acceptors (Lipinski definition) is 5. The van der Waals surface area contributed by atoms with Gasteiger partial charge in [-0.3, -0.25) is 9.59 Å². The average Bonchev–Trinajstić information content (AvgIpc) is 2.81.